The van der Waals surface area contributed by atoms with E-state index in [0.29, 0.717) is 5.02 Å². The zero-order chi connectivity index (χ0) is 12.3. The van der Waals surface area contributed by atoms with Crippen molar-refractivity contribution in [2.45, 2.75) is 19.9 Å². The fraction of sp³-hybridized carbons (Fsp3) is 0.333. The van der Waals surface area contributed by atoms with E-state index in [2.05, 4.69) is 22.2 Å². The number of hydrogen-bond acceptors (Lipinski definition) is 4. The predicted molar refractivity (Wildman–Crippen MR) is 72.5 cm³/mol. The molecule has 0 aromatic carbocycles. The van der Waals surface area contributed by atoms with Gasteiger partial charge in [-0.2, -0.15) is 0 Å². The second kappa shape index (κ2) is 5.58. The molecule has 17 heavy (non-hydrogen) atoms. The first-order valence-electron chi connectivity index (χ1n) is 5.50. The molecule has 0 aliphatic rings. The maximum atomic E-state index is 6.13. The van der Waals surface area contributed by atoms with Gasteiger partial charge in [-0.05, 0) is 25.6 Å². The minimum absolute atomic E-state index is 0.653. The van der Waals surface area contributed by atoms with Crippen LogP contribution in [0, 0.1) is 0 Å². The zero-order valence-corrected chi connectivity index (χ0v) is 11.4. The molecule has 0 saturated carbocycles. The average Bonchev–Trinajstić information content (AvgIpc) is 2.73. The minimum Gasteiger partial charge on any atom is -0.315 e. The summed E-state index contributed by atoms with van der Waals surface area (Å²) in [5.41, 5.74) is 1.90. The lowest BCUT2D eigenvalue weighted by Gasteiger charge is -1.96. The molecule has 0 aliphatic heterocycles. The van der Waals surface area contributed by atoms with Gasteiger partial charge in [0.05, 0.1) is 10.7 Å². The summed E-state index contributed by atoms with van der Waals surface area (Å²) in [6.45, 7) is 2.95. The first kappa shape index (κ1) is 12.5. The van der Waals surface area contributed by atoms with Crippen LogP contribution in [-0.4, -0.2) is 17.0 Å². The van der Waals surface area contributed by atoms with Crippen molar-refractivity contribution in [1.29, 1.82) is 0 Å². The summed E-state index contributed by atoms with van der Waals surface area (Å²) in [7, 11) is 1.94. The van der Waals surface area contributed by atoms with Crippen LogP contribution in [0.4, 0.5) is 0 Å². The molecule has 2 heterocycles. The quantitative estimate of drug-likeness (QED) is 0.925. The number of pyridine rings is 1. The molecule has 0 bridgehead atoms. The normalized spacial score (nSPS) is 10.8. The Labute approximate surface area is 110 Å². The molecule has 0 spiro atoms. The summed E-state index contributed by atoms with van der Waals surface area (Å²) in [6, 6.07) is 3.67. The van der Waals surface area contributed by atoms with Crippen LogP contribution in [0.25, 0.3) is 10.7 Å². The standard InChI is InChI=1S/C12H14ClN3S/c1-3-9-10(7-14-2)17-12(16-9)11-8(13)5-4-6-15-11/h4-6,14H,3,7H2,1-2H3. The van der Waals surface area contributed by atoms with Crippen molar-refractivity contribution in [3.63, 3.8) is 0 Å². The Morgan fingerprint density at radius 1 is 1.47 bits per heavy atom. The molecular formula is C12H14ClN3S. The first-order chi connectivity index (χ1) is 8.26. The van der Waals surface area contributed by atoms with Crippen molar-refractivity contribution in [2.75, 3.05) is 7.05 Å². The van der Waals surface area contributed by atoms with Gasteiger partial charge in [-0.15, -0.1) is 11.3 Å². The van der Waals surface area contributed by atoms with Crippen molar-refractivity contribution in [3.05, 3.63) is 33.9 Å². The lowest BCUT2D eigenvalue weighted by atomic mass is 10.3. The molecule has 0 fully saturated rings. The second-order valence-corrected chi connectivity index (χ2v) is 5.10. The van der Waals surface area contributed by atoms with Gasteiger partial charge < -0.3 is 5.32 Å². The molecule has 2 aromatic rings. The van der Waals surface area contributed by atoms with Crippen molar-refractivity contribution in [2.24, 2.45) is 0 Å². The second-order valence-electron chi connectivity index (χ2n) is 3.61. The maximum Gasteiger partial charge on any atom is 0.143 e. The third-order valence-electron chi connectivity index (χ3n) is 2.41. The summed E-state index contributed by atoms with van der Waals surface area (Å²) in [5.74, 6) is 0. The summed E-state index contributed by atoms with van der Waals surface area (Å²) in [4.78, 5) is 10.2. The lowest BCUT2D eigenvalue weighted by Crippen LogP contribution is -2.05. The summed E-state index contributed by atoms with van der Waals surface area (Å²) < 4.78 is 0. The summed E-state index contributed by atoms with van der Waals surface area (Å²) in [5, 5.41) is 4.71. The van der Waals surface area contributed by atoms with E-state index in [1.165, 1.54) is 4.88 Å². The summed E-state index contributed by atoms with van der Waals surface area (Å²) >= 11 is 7.78. The van der Waals surface area contributed by atoms with Crippen LogP contribution in [0.5, 0.6) is 0 Å². The van der Waals surface area contributed by atoms with E-state index in [9.17, 15) is 0 Å². The molecule has 90 valence electrons. The zero-order valence-electron chi connectivity index (χ0n) is 9.83. The number of hydrogen-bond donors (Lipinski definition) is 1. The third kappa shape index (κ3) is 2.65. The molecule has 0 unspecified atom stereocenters. The summed E-state index contributed by atoms with van der Waals surface area (Å²) in [6.07, 6.45) is 2.67. The van der Waals surface area contributed by atoms with Crippen LogP contribution in [-0.2, 0) is 13.0 Å². The molecule has 0 saturated heterocycles. The van der Waals surface area contributed by atoms with Gasteiger partial charge in [0, 0.05) is 17.6 Å². The predicted octanol–water partition coefficient (Wildman–Crippen LogP) is 3.14. The molecular weight excluding hydrogens is 254 g/mol. The molecule has 3 nitrogen and oxygen atoms in total. The van der Waals surface area contributed by atoms with Gasteiger partial charge in [0.1, 0.15) is 10.7 Å². The third-order valence-corrected chi connectivity index (χ3v) is 3.82. The Kier molecular flexibility index (Phi) is 4.10. The highest BCUT2D eigenvalue weighted by atomic mass is 35.5. The van der Waals surface area contributed by atoms with Gasteiger partial charge in [-0.25, -0.2) is 4.98 Å². The van der Waals surface area contributed by atoms with Crippen LogP contribution < -0.4 is 5.32 Å². The van der Waals surface area contributed by atoms with Crippen LogP contribution in [0.15, 0.2) is 18.3 Å². The van der Waals surface area contributed by atoms with Crippen LogP contribution in [0.1, 0.15) is 17.5 Å². The van der Waals surface area contributed by atoms with E-state index in [1.54, 1.807) is 17.5 Å². The average molecular weight is 268 g/mol. The SMILES string of the molecule is CCc1nc(-c2ncccc2Cl)sc1CNC. The van der Waals surface area contributed by atoms with Crippen LogP contribution in [0.2, 0.25) is 5.02 Å². The van der Waals surface area contributed by atoms with Crippen molar-refractivity contribution >= 4 is 22.9 Å². The number of rotatable bonds is 4. The number of halogens is 1. The Morgan fingerprint density at radius 3 is 2.94 bits per heavy atom. The van der Waals surface area contributed by atoms with Gasteiger partial charge in [-0.1, -0.05) is 18.5 Å². The molecule has 1 N–H and O–H groups in total. The molecule has 0 amide bonds. The smallest absolute Gasteiger partial charge is 0.143 e. The monoisotopic (exact) mass is 267 g/mol. The van der Waals surface area contributed by atoms with Gasteiger partial charge in [0.25, 0.3) is 0 Å². The van der Waals surface area contributed by atoms with Crippen molar-refractivity contribution in [3.8, 4) is 10.7 Å². The maximum absolute atomic E-state index is 6.13. The van der Waals surface area contributed by atoms with E-state index in [1.807, 2.05) is 19.2 Å². The van der Waals surface area contributed by atoms with E-state index in [0.717, 1.165) is 29.4 Å². The number of nitrogens with zero attached hydrogens (tertiary/aromatic N) is 2. The van der Waals surface area contributed by atoms with Gasteiger partial charge in [-0.3, -0.25) is 4.98 Å². The highest BCUT2D eigenvalue weighted by molar-refractivity contribution is 7.15. The van der Waals surface area contributed by atoms with E-state index in [-0.39, 0.29) is 0 Å². The highest BCUT2D eigenvalue weighted by Gasteiger charge is 2.13. The van der Waals surface area contributed by atoms with Crippen LogP contribution in [0.3, 0.4) is 0 Å². The first-order valence-corrected chi connectivity index (χ1v) is 6.69. The van der Waals surface area contributed by atoms with Crippen molar-refractivity contribution < 1.29 is 0 Å². The molecule has 5 heteroatoms. The van der Waals surface area contributed by atoms with E-state index in [4.69, 9.17) is 11.6 Å². The molecule has 0 aliphatic carbocycles. The Balaban J connectivity index is 2.43. The number of aryl methyl sites for hydroxylation is 1. The Morgan fingerprint density at radius 2 is 2.29 bits per heavy atom. The van der Waals surface area contributed by atoms with Crippen molar-refractivity contribution in [1.82, 2.24) is 15.3 Å². The number of thiazole rings is 1. The largest absolute Gasteiger partial charge is 0.315 e. The molecule has 2 rings (SSSR count). The molecule has 0 atom stereocenters. The van der Waals surface area contributed by atoms with E-state index >= 15 is 0 Å². The van der Waals surface area contributed by atoms with Gasteiger partial charge >= 0.3 is 0 Å². The van der Waals surface area contributed by atoms with Gasteiger partial charge in [0.2, 0.25) is 0 Å². The lowest BCUT2D eigenvalue weighted by molar-refractivity contribution is 0.814. The van der Waals surface area contributed by atoms with E-state index < -0.39 is 0 Å². The topological polar surface area (TPSA) is 37.8 Å². The minimum atomic E-state index is 0.653. The van der Waals surface area contributed by atoms with Crippen LogP contribution >= 0.6 is 22.9 Å². The molecule has 2 aromatic heterocycles. The number of aromatic nitrogens is 2. The molecule has 0 radical (unpaired) electrons. The fourth-order valence-electron chi connectivity index (χ4n) is 1.60. The highest BCUT2D eigenvalue weighted by Crippen LogP contribution is 2.31. The van der Waals surface area contributed by atoms with Gasteiger partial charge in [0.15, 0.2) is 0 Å². The number of nitrogens with one attached hydrogen (secondary N) is 1. The Bertz CT molecular complexity index is 510. The Hall–Kier alpha value is -0.970. The fourth-order valence-corrected chi connectivity index (χ4v) is 3.04.